The van der Waals surface area contributed by atoms with Gasteiger partial charge in [-0.25, -0.2) is 0 Å². The molecule has 1 unspecified atom stereocenters. The van der Waals surface area contributed by atoms with Gasteiger partial charge in [0.05, 0.1) is 18.0 Å². The summed E-state index contributed by atoms with van der Waals surface area (Å²) in [5.74, 6) is 0. The van der Waals surface area contributed by atoms with Crippen molar-refractivity contribution in [2.45, 2.75) is 25.0 Å². The van der Waals surface area contributed by atoms with E-state index in [9.17, 15) is 0 Å². The summed E-state index contributed by atoms with van der Waals surface area (Å²) in [6, 6.07) is 15.1. The molecule has 18 heavy (non-hydrogen) atoms. The molecule has 0 aliphatic carbocycles. The Morgan fingerprint density at radius 3 is 2.67 bits per heavy atom. The lowest BCUT2D eigenvalue weighted by Crippen LogP contribution is -1.97. The quantitative estimate of drug-likeness (QED) is 0.742. The molecular weight excluding hydrogens is 288 g/mol. The zero-order chi connectivity index (χ0) is 12.5. The summed E-state index contributed by atoms with van der Waals surface area (Å²) in [7, 11) is 0. The monoisotopic (exact) mass is 302 g/mol. The van der Waals surface area contributed by atoms with Gasteiger partial charge in [0.15, 0.2) is 0 Å². The van der Waals surface area contributed by atoms with Crippen LogP contribution >= 0.6 is 15.9 Å². The molecule has 2 aromatic carbocycles. The molecule has 0 N–H and O–H groups in total. The highest BCUT2D eigenvalue weighted by Gasteiger charge is 2.16. The van der Waals surface area contributed by atoms with E-state index in [0.29, 0.717) is 0 Å². The summed E-state index contributed by atoms with van der Waals surface area (Å²) >= 11 is 3.81. The molecule has 1 nitrogen and oxygen atoms in total. The maximum absolute atomic E-state index is 5.46. The minimum absolute atomic E-state index is 0.254. The van der Waals surface area contributed by atoms with Crippen molar-refractivity contribution >= 4 is 15.9 Å². The number of ether oxygens (including phenoxy) is 1. The Morgan fingerprint density at radius 2 is 1.83 bits per heavy atom. The van der Waals surface area contributed by atoms with E-state index >= 15 is 0 Å². The van der Waals surface area contributed by atoms with Gasteiger partial charge in [0.1, 0.15) is 0 Å². The SMILES string of the molecule is Cc1ccccc1C(Br)c1ccc2c(c1)COC2. The first-order chi connectivity index (χ1) is 8.75. The van der Waals surface area contributed by atoms with Crippen molar-refractivity contribution in [1.29, 1.82) is 0 Å². The minimum atomic E-state index is 0.254. The third kappa shape index (κ3) is 2.11. The number of hydrogen-bond acceptors (Lipinski definition) is 1. The second-order valence-electron chi connectivity index (χ2n) is 4.74. The normalized spacial score (nSPS) is 15.4. The van der Waals surface area contributed by atoms with E-state index in [2.05, 4.69) is 65.3 Å². The second kappa shape index (κ2) is 4.87. The number of halogens is 1. The van der Waals surface area contributed by atoms with Gasteiger partial charge in [0.25, 0.3) is 0 Å². The summed E-state index contributed by atoms with van der Waals surface area (Å²) in [5.41, 5.74) is 6.59. The number of hydrogen-bond donors (Lipinski definition) is 0. The van der Waals surface area contributed by atoms with Crippen molar-refractivity contribution in [2.75, 3.05) is 0 Å². The molecule has 0 aromatic heterocycles. The Kier molecular flexibility index (Phi) is 3.23. The van der Waals surface area contributed by atoms with Crippen molar-refractivity contribution < 1.29 is 4.74 Å². The zero-order valence-electron chi connectivity index (χ0n) is 10.3. The molecule has 1 atom stereocenters. The van der Waals surface area contributed by atoms with E-state index in [-0.39, 0.29) is 4.83 Å². The van der Waals surface area contributed by atoms with Crippen LogP contribution in [0.5, 0.6) is 0 Å². The molecule has 2 aromatic rings. The lowest BCUT2D eigenvalue weighted by Gasteiger charge is -2.14. The first-order valence-electron chi connectivity index (χ1n) is 6.15. The van der Waals surface area contributed by atoms with Crippen molar-refractivity contribution in [3.8, 4) is 0 Å². The van der Waals surface area contributed by atoms with E-state index in [1.54, 1.807) is 0 Å². The number of fused-ring (bicyclic) bond motifs is 1. The topological polar surface area (TPSA) is 9.23 Å². The van der Waals surface area contributed by atoms with Crippen molar-refractivity contribution in [3.63, 3.8) is 0 Å². The van der Waals surface area contributed by atoms with E-state index < -0.39 is 0 Å². The van der Waals surface area contributed by atoms with Crippen LogP contribution in [0.25, 0.3) is 0 Å². The fourth-order valence-corrected chi connectivity index (χ4v) is 3.20. The molecule has 2 heteroatoms. The van der Waals surface area contributed by atoms with Gasteiger partial charge < -0.3 is 4.74 Å². The third-order valence-corrected chi connectivity index (χ3v) is 4.52. The smallest absolute Gasteiger partial charge is 0.0725 e. The van der Waals surface area contributed by atoms with Crippen LogP contribution < -0.4 is 0 Å². The standard InChI is InChI=1S/C16H15BrO/c1-11-4-2-3-5-15(11)16(17)12-6-7-13-9-18-10-14(13)8-12/h2-8,16H,9-10H2,1H3. The van der Waals surface area contributed by atoms with Gasteiger partial charge in [0, 0.05) is 0 Å². The van der Waals surface area contributed by atoms with Gasteiger partial charge in [-0.05, 0) is 34.7 Å². The van der Waals surface area contributed by atoms with Crippen LogP contribution in [0.4, 0.5) is 0 Å². The predicted octanol–water partition coefficient (Wildman–Crippen LogP) is 4.51. The summed E-state index contributed by atoms with van der Waals surface area (Å²) < 4.78 is 5.46. The number of alkyl halides is 1. The van der Waals surface area contributed by atoms with Crippen molar-refractivity contribution in [1.82, 2.24) is 0 Å². The fourth-order valence-electron chi connectivity index (χ4n) is 2.40. The van der Waals surface area contributed by atoms with Gasteiger partial charge in [-0.3, -0.25) is 0 Å². The van der Waals surface area contributed by atoms with Crippen LogP contribution in [0.3, 0.4) is 0 Å². The average molecular weight is 303 g/mol. The number of rotatable bonds is 2. The summed E-state index contributed by atoms with van der Waals surface area (Å²) in [5, 5.41) is 0. The molecule has 0 radical (unpaired) electrons. The first-order valence-corrected chi connectivity index (χ1v) is 7.06. The Morgan fingerprint density at radius 1 is 1.06 bits per heavy atom. The second-order valence-corrected chi connectivity index (χ2v) is 5.66. The van der Waals surface area contributed by atoms with Crippen LogP contribution in [0.1, 0.15) is 32.6 Å². The van der Waals surface area contributed by atoms with Gasteiger partial charge in [-0.2, -0.15) is 0 Å². The van der Waals surface area contributed by atoms with Crippen LogP contribution in [-0.4, -0.2) is 0 Å². The maximum Gasteiger partial charge on any atom is 0.0725 e. The van der Waals surface area contributed by atoms with E-state index in [1.807, 2.05) is 0 Å². The molecule has 0 saturated heterocycles. The lowest BCUT2D eigenvalue weighted by atomic mass is 9.98. The van der Waals surface area contributed by atoms with Gasteiger partial charge >= 0.3 is 0 Å². The highest BCUT2D eigenvalue weighted by molar-refractivity contribution is 9.09. The van der Waals surface area contributed by atoms with Crippen LogP contribution in [0.2, 0.25) is 0 Å². The Labute approximate surface area is 116 Å². The van der Waals surface area contributed by atoms with Crippen LogP contribution in [-0.2, 0) is 18.0 Å². The third-order valence-electron chi connectivity index (χ3n) is 3.50. The predicted molar refractivity (Wildman–Crippen MR) is 76.9 cm³/mol. The highest BCUT2D eigenvalue weighted by atomic mass is 79.9. The Balaban J connectivity index is 1.98. The molecule has 1 heterocycles. The summed E-state index contributed by atoms with van der Waals surface area (Å²) in [4.78, 5) is 0.254. The molecular formula is C16H15BrO. The van der Waals surface area contributed by atoms with Crippen molar-refractivity contribution in [3.05, 3.63) is 70.3 Å². The van der Waals surface area contributed by atoms with Gasteiger partial charge in [-0.15, -0.1) is 0 Å². The average Bonchev–Trinajstić information content (AvgIpc) is 2.85. The molecule has 1 aliphatic rings. The molecule has 0 fully saturated rings. The molecule has 1 aliphatic heterocycles. The van der Waals surface area contributed by atoms with Gasteiger partial charge in [-0.1, -0.05) is 58.4 Å². The molecule has 0 bridgehead atoms. The highest BCUT2D eigenvalue weighted by Crippen LogP contribution is 2.34. The van der Waals surface area contributed by atoms with Gasteiger partial charge in [0.2, 0.25) is 0 Å². The van der Waals surface area contributed by atoms with E-state index in [0.717, 1.165) is 13.2 Å². The summed E-state index contributed by atoms with van der Waals surface area (Å²) in [6.45, 7) is 3.66. The number of benzene rings is 2. The van der Waals surface area contributed by atoms with Crippen LogP contribution in [0, 0.1) is 6.92 Å². The van der Waals surface area contributed by atoms with Crippen molar-refractivity contribution in [2.24, 2.45) is 0 Å². The Hall–Kier alpha value is -1.12. The first kappa shape index (κ1) is 11.9. The molecule has 0 saturated carbocycles. The van der Waals surface area contributed by atoms with Crippen LogP contribution in [0.15, 0.2) is 42.5 Å². The molecule has 0 spiro atoms. The zero-order valence-corrected chi connectivity index (χ0v) is 11.9. The molecule has 0 amide bonds. The molecule has 3 rings (SSSR count). The fraction of sp³-hybridized carbons (Fsp3) is 0.250. The largest absolute Gasteiger partial charge is 0.372 e. The minimum Gasteiger partial charge on any atom is -0.372 e. The number of aryl methyl sites for hydroxylation is 1. The molecule has 92 valence electrons. The summed E-state index contributed by atoms with van der Waals surface area (Å²) in [6.07, 6.45) is 0. The van der Waals surface area contributed by atoms with E-state index in [4.69, 9.17) is 4.74 Å². The van der Waals surface area contributed by atoms with E-state index in [1.165, 1.54) is 27.8 Å². The lowest BCUT2D eigenvalue weighted by molar-refractivity contribution is 0.134. The maximum atomic E-state index is 5.46. The Bertz CT molecular complexity index is 577.